The predicted octanol–water partition coefficient (Wildman–Crippen LogP) is 3.52. The lowest BCUT2D eigenvalue weighted by Crippen LogP contribution is -2.18. The van der Waals surface area contributed by atoms with Crippen LogP contribution < -0.4 is 4.74 Å². The summed E-state index contributed by atoms with van der Waals surface area (Å²) in [5.41, 5.74) is 1.40. The number of nitrogens with zero attached hydrogens (tertiary/aromatic N) is 3. The Morgan fingerprint density at radius 3 is 2.62 bits per heavy atom. The number of halogens is 1. The van der Waals surface area contributed by atoms with E-state index >= 15 is 0 Å². The summed E-state index contributed by atoms with van der Waals surface area (Å²) in [6.07, 6.45) is 0. The highest BCUT2D eigenvalue weighted by molar-refractivity contribution is 5.63. The van der Waals surface area contributed by atoms with E-state index in [0.717, 1.165) is 5.56 Å². The molecule has 0 unspecified atom stereocenters. The third kappa shape index (κ3) is 3.60. The van der Waals surface area contributed by atoms with Crippen molar-refractivity contribution >= 4 is 0 Å². The van der Waals surface area contributed by atoms with Gasteiger partial charge in [0, 0.05) is 12.1 Å². The van der Waals surface area contributed by atoms with E-state index in [1.807, 2.05) is 42.3 Å². The fraction of sp³-hybridized carbons (Fsp3) is 0.222. The fourth-order valence-electron chi connectivity index (χ4n) is 2.46. The van der Waals surface area contributed by atoms with Gasteiger partial charge in [-0.2, -0.15) is 4.98 Å². The quantitative estimate of drug-likeness (QED) is 0.693. The SMILES string of the molecule is COc1ccccc1-c1noc(CN(C)Cc2ccccc2F)n1. The molecule has 0 radical (unpaired) electrons. The predicted molar refractivity (Wildman–Crippen MR) is 87.9 cm³/mol. The first-order chi connectivity index (χ1) is 11.7. The van der Waals surface area contributed by atoms with Crippen molar-refractivity contribution in [2.45, 2.75) is 13.1 Å². The van der Waals surface area contributed by atoms with Gasteiger partial charge in [-0.1, -0.05) is 35.5 Å². The largest absolute Gasteiger partial charge is 0.496 e. The Hall–Kier alpha value is -2.73. The van der Waals surface area contributed by atoms with Crippen LogP contribution in [-0.4, -0.2) is 29.2 Å². The number of ether oxygens (including phenoxy) is 1. The van der Waals surface area contributed by atoms with Gasteiger partial charge in [0.05, 0.1) is 19.2 Å². The minimum Gasteiger partial charge on any atom is -0.496 e. The van der Waals surface area contributed by atoms with E-state index in [2.05, 4.69) is 10.1 Å². The van der Waals surface area contributed by atoms with Gasteiger partial charge in [-0.05, 0) is 25.2 Å². The van der Waals surface area contributed by atoms with Crippen LogP contribution in [0.4, 0.5) is 4.39 Å². The molecule has 0 N–H and O–H groups in total. The molecule has 3 rings (SSSR count). The molecule has 0 spiro atoms. The van der Waals surface area contributed by atoms with Gasteiger partial charge in [0.1, 0.15) is 11.6 Å². The molecular weight excluding hydrogens is 309 g/mol. The van der Waals surface area contributed by atoms with Crippen molar-refractivity contribution in [3.63, 3.8) is 0 Å². The lowest BCUT2D eigenvalue weighted by Gasteiger charge is -2.14. The summed E-state index contributed by atoms with van der Waals surface area (Å²) in [6.45, 7) is 0.884. The van der Waals surface area contributed by atoms with Gasteiger partial charge < -0.3 is 9.26 Å². The molecule has 1 aromatic heterocycles. The lowest BCUT2D eigenvalue weighted by molar-refractivity contribution is 0.258. The van der Waals surface area contributed by atoms with Crippen molar-refractivity contribution in [1.82, 2.24) is 15.0 Å². The highest BCUT2D eigenvalue weighted by atomic mass is 19.1. The number of methoxy groups -OCH3 is 1. The van der Waals surface area contributed by atoms with Gasteiger partial charge in [0.25, 0.3) is 0 Å². The van der Waals surface area contributed by atoms with Crippen molar-refractivity contribution < 1.29 is 13.7 Å². The molecule has 3 aromatic rings. The van der Waals surface area contributed by atoms with Gasteiger partial charge >= 0.3 is 0 Å². The van der Waals surface area contributed by atoms with E-state index in [1.54, 1.807) is 19.2 Å². The zero-order chi connectivity index (χ0) is 16.9. The summed E-state index contributed by atoms with van der Waals surface area (Å²) in [6, 6.07) is 14.2. The summed E-state index contributed by atoms with van der Waals surface area (Å²) in [5, 5.41) is 4.01. The third-order valence-corrected chi connectivity index (χ3v) is 3.62. The summed E-state index contributed by atoms with van der Waals surface area (Å²) in [7, 11) is 3.47. The van der Waals surface area contributed by atoms with Gasteiger partial charge in [0.2, 0.25) is 11.7 Å². The lowest BCUT2D eigenvalue weighted by atomic mass is 10.2. The number of hydrogen-bond donors (Lipinski definition) is 0. The molecule has 0 bridgehead atoms. The Morgan fingerprint density at radius 1 is 1.08 bits per heavy atom. The molecule has 0 saturated heterocycles. The molecule has 6 heteroatoms. The van der Waals surface area contributed by atoms with Crippen LogP contribution in [0.2, 0.25) is 0 Å². The molecule has 2 aromatic carbocycles. The number of para-hydroxylation sites is 1. The van der Waals surface area contributed by atoms with Crippen LogP contribution in [-0.2, 0) is 13.1 Å². The normalized spacial score (nSPS) is 11.0. The molecular formula is C18H18FN3O2. The van der Waals surface area contributed by atoms with Crippen LogP contribution >= 0.6 is 0 Å². The highest BCUT2D eigenvalue weighted by Gasteiger charge is 2.14. The molecule has 0 aliphatic rings. The van der Waals surface area contributed by atoms with E-state index in [0.29, 0.717) is 36.1 Å². The van der Waals surface area contributed by atoms with E-state index in [-0.39, 0.29) is 5.82 Å². The first-order valence-corrected chi connectivity index (χ1v) is 7.55. The maximum absolute atomic E-state index is 13.7. The Morgan fingerprint density at radius 2 is 1.83 bits per heavy atom. The third-order valence-electron chi connectivity index (χ3n) is 3.62. The monoisotopic (exact) mass is 327 g/mol. The van der Waals surface area contributed by atoms with E-state index < -0.39 is 0 Å². The molecule has 0 saturated carbocycles. The molecule has 0 fully saturated rings. The van der Waals surface area contributed by atoms with E-state index in [1.165, 1.54) is 6.07 Å². The number of aromatic nitrogens is 2. The molecule has 124 valence electrons. The zero-order valence-corrected chi connectivity index (χ0v) is 13.6. The molecule has 1 heterocycles. The van der Waals surface area contributed by atoms with Crippen molar-refractivity contribution in [2.75, 3.05) is 14.2 Å². The topological polar surface area (TPSA) is 51.4 Å². The fourth-order valence-corrected chi connectivity index (χ4v) is 2.46. The Kier molecular flexibility index (Phi) is 4.86. The Balaban J connectivity index is 1.71. The standard InChI is InChI=1S/C18H18FN3O2/c1-22(11-13-7-3-5-9-15(13)19)12-17-20-18(21-24-17)14-8-4-6-10-16(14)23-2/h3-10H,11-12H2,1-2H3. The highest BCUT2D eigenvalue weighted by Crippen LogP contribution is 2.27. The summed E-state index contributed by atoms with van der Waals surface area (Å²) in [5.74, 6) is 1.41. The first kappa shape index (κ1) is 16.1. The second-order valence-corrected chi connectivity index (χ2v) is 5.48. The van der Waals surface area contributed by atoms with Gasteiger partial charge in [-0.3, -0.25) is 4.90 Å². The van der Waals surface area contributed by atoms with Crippen LogP contribution in [0.25, 0.3) is 11.4 Å². The molecule has 0 atom stereocenters. The minimum atomic E-state index is -0.218. The Labute approximate surface area is 139 Å². The van der Waals surface area contributed by atoms with Gasteiger partial charge in [-0.15, -0.1) is 0 Å². The number of benzene rings is 2. The zero-order valence-electron chi connectivity index (χ0n) is 13.6. The number of rotatable bonds is 6. The summed E-state index contributed by atoms with van der Waals surface area (Å²) >= 11 is 0. The molecule has 0 amide bonds. The van der Waals surface area contributed by atoms with Crippen LogP contribution in [0.5, 0.6) is 5.75 Å². The first-order valence-electron chi connectivity index (χ1n) is 7.55. The summed E-state index contributed by atoms with van der Waals surface area (Å²) < 4.78 is 24.3. The number of hydrogen-bond acceptors (Lipinski definition) is 5. The molecule has 0 aliphatic heterocycles. The van der Waals surface area contributed by atoms with Crippen molar-refractivity contribution in [1.29, 1.82) is 0 Å². The van der Waals surface area contributed by atoms with Crippen molar-refractivity contribution in [3.05, 3.63) is 65.8 Å². The maximum Gasteiger partial charge on any atom is 0.241 e. The van der Waals surface area contributed by atoms with Crippen LogP contribution in [0.1, 0.15) is 11.5 Å². The minimum absolute atomic E-state index is 0.218. The van der Waals surface area contributed by atoms with Crippen LogP contribution in [0, 0.1) is 5.82 Å². The van der Waals surface area contributed by atoms with E-state index in [4.69, 9.17) is 9.26 Å². The van der Waals surface area contributed by atoms with E-state index in [9.17, 15) is 4.39 Å². The van der Waals surface area contributed by atoms with Gasteiger partial charge in [0.15, 0.2) is 0 Å². The van der Waals surface area contributed by atoms with Gasteiger partial charge in [-0.25, -0.2) is 4.39 Å². The van der Waals surface area contributed by atoms with Crippen LogP contribution in [0.15, 0.2) is 53.1 Å². The molecule has 0 aliphatic carbocycles. The molecule has 5 nitrogen and oxygen atoms in total. The molecule has 24 heavy (non-hydrogen) atoms. The smallest absolute Gasteiger partial charge is 0.241 e. The second-order valence-electron chi connectivity index (χ2n) is 5.48. The average molecular weight is 327 g/mol. The van der Waals surface area contributed by atoms with Crippen molar-refractivity contribution in [3.8, 4) is 17.1 Å². The van der Waals surface area contributed by atoms with Crippen LogP contribution in [0.3, 0.4) is 0 Å². The summed E-state index contributed by atoms with van der Waals surface area (Å²) in [4.78, 5) is 6.31. The maximum atomic E-state index is 13.7. The second kappa shape index (κ2) is 7.23. The Bertz CT molecular complexity index is 819. The average Bonchev–Trinajstić information content (AvgIpc) is 3.05. The van der Waals surface area contributed by atoms with Crippen molar-refractivity contribution in [2.24, 2.45) is 0 Å².